The van der Waals surface area contributed by atoms with E-state index in [0.29, 0.717) is 0 Å². The minimum absolute atomic E-state index is 0.957. The van der Waals surface area contributed by atoms with Gasteiger partial charge in [-0.2, -0.15) is 0 Å². The Balaban J connectivity index is 1.68. The largest absolute Gasteiger partial charge is 0.355 e. The van der Waals surface area contributed by atoms with E-state index in [2.05, 4.69) is 112 Å². The highest BCUT2D eigenvalue weighted by molar-refractivity contribution is 5.99. The van der Waals surface area contributed by atoms with Crippen LogP contribution in [0.3, 0.4) is 0 Å². The van der Waals surface area contributed by atoms with Crippen LogP contribution in [0.4, 0.5) is 0 Å². The van der Waals surface area contributed by atoms with Crippen LogP contribution in [0.2, 0.25) is 0 Å². The van der Waals surface area contributed by atoms with Gasteiger partial charge in [-0.15, -0.1) is 0 Å². The molecule has 4 nitrogen and oxygen atoms in total. The van der Waals surface area contributed by atoms with Gasteiger partial charge in [-0.1, -0.05) is 65.8 Å². The van der Waals surface area contributed by atoms with Gasteiger partial charge in [0.15, 0.2) is 0 Å². The molecule has 2 N–H and O–H groups in total. The molecule has 2 aliphatic heterocycles. The SMILES string of the molecule is CCC1=C(CC)c2cc3[nH]c(cc4nc(cc5[nH]c(cc1n2)c(CC)c5CC)-c1cc2ccccc2cc1-4)c(CC)c3CC. The Hall–Kier alpha value is -4.44. The number of aromatic nitrogens is 4. The van der Waals surface area contributed by atoms with Crippen LogP contribution >= 0.6 is 0 Å². The molecule has 0 atom stereocenters. The predicted molar refractivity (Wildman–Crippen MR) is 188 cm³/mol. The van der Waals surface area contributed by atoms with E-state index in [1.165, 1.54) is 66.3 Å². The number of fused-ring (bicyclic) bond motifs is 12. The molecular weight excluding hydrogens is 536 g/mol. The highest BCUT2D eigenvalue weighted by Crippen LogP contribution is 2.41. The molecule has 7 rings (SSSR count). The van der Waals surface area contributed by atoms with E-state index < -0.39 is 0 Å². The normalized spacial score (nSPS) is 12.8. The molecule has 0 unspecified atom stereocenters. The molecule has 2 aromatic carbocycles. The zero-order chi connectivity index (χ0) is 30.5. The fourth-order valence-electron chi connectivity index (χ4n) is 7.63. The van der Waals surface area contributed by atoms with Crippen molar-refractivity contribution >= 4 is 44.0 Å². The van der Waals surface area contributed by atoms with Gasteiger partial charge < -0.3 is 9.97 Å². The first-order valence-electron chi connectivity index (χ1n) is 16.5. The molecule has 0 fully saturated rings. The van der Waals surface area contributed by atoms with Gasteiger partial charge in [0, 0.05) is 33.2 Å². The van der Waals surface area contributed by atoms with Gasteiger partial charge >= 0.3 is 0 Å². The second kappa shape index (κ2) is 11.2. The van der Waals surface area contributed by atoms with Gasteiger partial charge in [-0.05, 0) is 119 Å². The number of H-pyrrole nitrogens is 2. The highest BCUT2D eigenvalue weighted by Gasteiger charge is 2.22. The van der Waals surface area contributed by atoms with E-state index in [0.717, 1.165) is 72.3 Å². The van der Waals surface area contributed by atoms with Crippen LogP contribution in [-0.4, -0.2) is 19.9 Å². The Kier molecular flexibility index (Phi) is 7.24. The molecule has 8 bridgehead atoms. The molecule has 44 heavy (non-hydrogen) atoms. The average molecular weight is 579 g/mol. The van der Waals surface area contributed by atoms with Crippen LogP contribution in [0, 0.1) is 0 Å². The van der Waals surface area contributed by atoms with E-state index in [1.54, 1.807) is 0 Å². The molecule has 0 spiro atoms. The zero-order valence-corrected chi connectivity index (χ0v) is 26.9. The second-order valence-electron chi connectivity index (χ2n) is 12.0. The van der Waals surface area contributed by atoms with Gasteiger partial charge in [-0.3, -0.25) is 0 Å². The number of aromatic amines is 2. The summed E-state index contributed by atoms with van der Waals surface area (Å²) in [5, 5.41) is 2.47. The van der Waals surface area contributed by atoms with Crippen LogP contribution in [0.5, 0.6) is 0 Å². The Morgan fingerprint density at radius 1 is 0.432 bits per heavy atom. The Morgan fingerprint density at radius 2 is 0.773 bits per heavy atom. The molecule has 0 saturated heterocycles. The number of benzene rings is 2. The summed E-state index contributed by atoms with van der Waals surface area (Å²) < 4.78 is 0. The van der Waals surface area contributed by atoms with E-state index in [4.69, 9.17) is 9.97 Å². The number of nitrogens with one attached hydrogen (secondary N) is 2. The lowest BCUT2D eigenvalue weighted by molar-refractivity contribution is 1.07. The monoisotopic (exact) mass is 578 g/mol. The molecule has 0 radical (unpaired) electrons. The predicted octanol–water partition coefficient (Wildman–Crippen LogP) is 10.8. The molecule has 5 heterocycles. The van der Waals surface area contributed by atoms with Crippen molar-refractivity contribution in [3.05, 3.63) is 94.3 Å². The molecule has 0 aliphatic carbocycles. The van der Waals surface area contributed by atoms with Crippen molar-refractivity contribution in [2.75, 3.05) is 0 Å². The maximum Gasteiger partial charge on any atom is 0.0737 e. The third-order valence-corrected chi connectivity index (χ3v) is 9.72. The first-order chi connectivity index (χ1) is 21.5. The van der Waals surface area contributed by atoms with Crippen molar-refractivity contribution in [1.29, 1.82) is 0 Å². The van der Waals surface area contributed by atoms with Gasteiger partial charge in [0.1, 0.15) is 0 Å². The molecule has 5 aromatic rings. The van der Waals surface area contributed by atoms with Gasteiger partial charge in [0.25, 0.3) is 0 Å². The van der Waals surface area contributed by atoms with E-state index in [9.17, 15) is 0 Å². The Labute approximate surface area is 260 Å². The maximum absolute atomic E-state index is 5.35. The smallest absolute Gasteiger partial charge is 0.0737 e. The zero-order valence-electron chi connectivity index (χ0n) is 26.9. The second-order valence-corrected chi connectivity index (χ2v) is 12.0. The number of aryl methyl sites for hydroxylation is 4. The Morgan fingerprint density at radius 3 is 1.11 bits per heavy atom. The summed E-state index contributed by atoms with van der Waals surface area (Å²) >= 11 is 0. The summed E-state index contributed by atoms with van der Waals surface area (Å²) in [6.07, 6.45) is 5.76. The fourth-order valence-corrected chi connectivity index (χ4v) is 7.63. The van der Waals surface area contributed by atoms with Crippen LogP contribution in [0.25, 0.3) is 66.5 Å². The van der Waals surface area contributed by atoms with Crippen molar-refractivity contribution in [3.63, 3.8) is 0 Å². The number of hydrogen-bond donors (Lipinski definition) is 2. The minimum atomic E-state index is 0.957. The lowest BCUT2D eigenvalue weighted by atomic mass is 9.98. The summed E-state index contributed by atoms with van der Waals surface area (Å²) in [5.74, 6) is 0. The molecule has 0 amide bonds. The average Bonchev–Trinajstić information content (AvgIpc) is 3.75. The highest BCUT2D eigenvalue weighted by atomic mass is 14.8. The van der Waals surface area contributed by atoms with Crippen molar-refractivity contribution in [2.45, 2.75) is 80.1 Å². The summed E-state index contributed by atoms with van der Waals surface area (Å²) in [4.78, 5) is 18.4. The van der Waals surface area contributed by atoms with Gasteiger partial charge in [0.2, 0.25) is 0 Å². The van der Waals surface area contributed by atoms with Gasteiger partial charge in [0.05, 0.1) is 22.8 Å². The van der Waals surface area contributed by atoms with Crippen molar-refractivity contribution < 1.29 is 0 Å². The van der Waals surface area contributed by atoms with Crippen LogP contribution in [-0.2, 0) is 25.7 Å². The summed E-state index contributed by atoms with van der Waals surface area (Å²) in [6, 6.07) is 22.4. The first-order valence-corrected chi connectivity index (χ1v) is 16.5. The number of nitrogens with zero attached hydrogens (tertiary/aromatic N) is 2. The quantitative estimate of drug-likeness (QED) is 0.206. The fraction of sp³-hybridized carbons (Fsp3) is 0.300. The van der Waals surface area contributed by atoms with E-state index in [-0.39, 0.29) is 0 Å². The lowest BCUT2D eigenvalue weighted by Crippen LogP contribution is -1.86. The summed E-state index contributed by atoms with van der Waals surface area (Å²) in [7, 11) is 0. The van der Waals surface area contributed by atoms with Crippen LogP contribution < -0.4 is 0 Å². The van der Waals surface area contributed by atoms with Crippen LogP contribution in [0.1, 0.15) is 88.0 Å². The molecular formula is C40H42N4. The van der Waals surface area contributed by atoms with E-state index in [1.807, 2.05) is 0 Å². The minimum Gasteiger partial charge on any atom is -0.355 e. The van der Waals surface area contributed by atoms with E-state index >= 15 is 0 Å². The van der Waals surface area contributed by atoms with Crippen LogP contribution in [0.15, 0.2) is 60.7 Å². The lowest BCUT2D eigenvalue weighted by Gasteiger charge is -2.04. The molecule has 2 aliphatic rings. The van der Waals surface area contributed by atoms with Gasteiger partial charge in [-0.25, -0.2) is 9.97 Å². The Bertz CT molecular complexity index is 1990. The first kappa shape index (κ1) is 28.3. The third kappa shape index (κ3) is 4.42. The number of rotatable bonds is 6. The maximum atomic E-state index is 5.35. The third-order valence-electron chi connectivity index (χ3n) is 9.72. The molecule has 3 aromatic heterocycles. The standard InChI is InChI=1S/C40H42N4/c1-7-25-26(8-2)34-20-36-28(10-4)30(12-6)38(43-36)22-40-32-18-24-16-14-13-15-23(24)17-31(32)39(44-40)21-37-29(11-5)27(9-3)35(42-37)19-33(25)41-34/h13-22,42-43H,7-12H2,1-6H3. The molecule has 0 saturated carbocycles. The number of hydrogen-bond acceptors (Lipinski definition) is 2. The summed E-state index contributed by atoms with van der Waals surface area (Å²) in [6.45, 7) is 13.6. The number of allylic oxidation sites excluding steroid dienone is 2. The summed E-state index contributed by atoms with van der Waals surface area (Å²) in [5.41, 5.74) is 19.4. The topological polar surface area (TPSA) is 57.4 Å². The molecule has 4 heteroatoms. The molecule has 222 valence electrons. The van der Waals surface area contributed by atoms with Crippen molar-refractivity contribution in [2.24, 2.45) is 0 Å². The van der Waals surface area contributed by atoms with Crippen molar-refractivity contribution in [1.82, 2.24) is 19.9 Å². The van der Waals surface area contributed by atoms with Crippen molar-refractivity contribution in [3.8, 4) is 22.5 Å².